The molecule has 23 heavy (non-hydrogen) atoms. The van der Waals surface area contributed by atoms with Crippen LogP contribution in [0.25, 0.3) is 32.9 Å². The van der Waals surface area contributed by atoms with Gasteiger partial charge in [0, 0.05) is 16.3 Å². The number of carbonyl (C=O) groups is 1. The molecule has 0 aliphatic heterocycles. The lowest BCUT2D eigenvalue weighted by atomic mass is 9.97. The number of hydrogen-bond acceptors (Lipinski definition) is 2. The van der Waals surface area contributed by atoms with Crippen LogP contribution in [0.4, 0.5) is 0 Å². The Hall–Kier alpha value is -2.87. The van der Waals surface area contributed by atoms with Crippen molar-refractivity contribution in [3.63, 3.8) is 0 Å². The van der Waals surface area contributed by atoms with Crippen LogP contribution in [0.15, 0.2) is 59.0 Å². The molecule has 0 amide bonds. The Balaban J connectivity index is 2.11. The third kappa shape index (κ3) is 2.07. The van der Waals surface area contributed by atoms with Crippen molar-refractivity contribution in [1.29, 1.82) is 0 Å². The maximum atomic E-state index is 11.6. The van der Waals surface area contributed by atoms with Gasteiger partial charge in [-0.25, -0.2) is 0 Å². The monoisotopic (exact) mass is 300 g/mol. The van der Waals surface area contributed by atoms with Crippen LogP contribution in [0.1, 0.15) is 21.7 Å². The Morgan fingerprint density at radius 2 is 1.70 bits per heavy atom. The molecule has 0 N–H and O–H groups in total. The first-order chi connectivity index (χ1) is 11.2. The van der Waals surface area contributed by atoms with Gasteiger partial charge in [-0.3, -0.25) is 4.79 Å². The Morgan fingerprint density at radius 3 is 2.48 bits per heavy atom. The van der Waals surface area contributed by atoms with Gasteiger partial charge in [-0.15, -0.1) is 0 Å². The molecule has 2 heteroatoms. The molecule has 0 fully saturated rings. The standard InChI is InChI=1S/C21H16O2/c1-13-7-8-16(11-14(13)2)20-18-10-9-15-5-3-4-6-17(15)21(18)23-19(20)12-22/h3-12H,1-2H3. The predicted molar refractivity (Wildman–Crippen MR) is 94.0 cm³/mol. The largest absolute Gasteiger partial charge is 0.452 e. The molecule has 0 aliphatic carbocycles. The molecule has 0 aliphatic rings. The third-order valence-electron chi connectivity index (χ3n) is 4.51. The minimum absolute atomic E-state index is 0.389. The quantitative estimate of drug-likeness (QED) is 0.446. The van der Waals surface area contributed by atoms with Crippen molar-refractivity contribution in [2.75, 3.05) is 0 Å². The van der Waals surface area contributed by atoms with Crippen molar-refractivity contribution in [1.82, 2.24) is 0 Å². The summed E-state index contributed by atoms with van der Waals surface area (Å²) in [5.74, 6) is 0.389. The maximum Gasteiger partial charge on any atom is 0.186 e. The molecule has 0 saturated heterocycles. The van der Waals surface area contributed by atoms with Crippen molar-refractivity contribution in [3.05, 3.63) is 71.5 Å². The molecule has 1 aromatic heterocycles. The van der Waals surface area contributed by atoms with Crippen molar-refractivity contribution in [2.24, 2.45) is 0 Å². The van der Waals surface area contributed by atoms with Crippen molar-refractivity contribution >= 4 is 28.0 Å². The number of carbonyl (C=O) groups excluding carboxylic acids is 1. The Kier molecular flexibility index (Phi) is 3.05. The van der Waals surface area contributed by atoms with Crippen molar-refractivity contribution in [2.45, 2.75) is 13.8 Å². The van der Waals surface area contributed by atoms with Gasteiger partial charge in [0.05, 0.1) is 0 Å². The van der Waals surface area contributed by atoms with Crippen molar-refractivity contribution in [3.8, 4) is 11.1 Å². The molecule has 4 aromatic rings. The lowest BCUT2D eigenvalue weighted by molar-refractivity contribution is 0.110. The second-order valence-electron chi connectivity index (χ2n) is 5.92. The average Bonchev–Trinajstić information content (AvgIpc) is 2.96. The zero-order valence-electron chi connectivity index (χ0n) is 13.1. The lowest BCUT2D eigenvalue weighted by Gasteiger charge is -2.05. The van der Waals surface area contributed by atoms with E-state index >= 15 is 0 Å². The van der Waals surface area contributed by atoms with Gasteiger partial charge in [0.2, 0.25) is 0 Å². The van der Waals surface area contributed by atoms with E-state index in [4.69, 9.17) is 4.42 Å². The van der Waals surface area contributed by atoms with Gasteiger partial charge in [-0.1, -0.05) is 48.5 Å². The second kappa shape index (κ2) is 5.10. The molecular formula is C21H16O2. The van der Waals surface area contributed by atoms with Crippen LogP contribution in [0.2, 0.25) is 0 Å². The number of hydrogen-bond donors (Lipinski definition) is 0. The molecule has 112 valence electrons. The summed E-state index contributed by atoms with van der Waals surface area (Å²) in [5, 5.41) is 3.12. The minimum Gasteiger partial charge on any atom is -0.452 e. The fourth-order valence-electron chi connectivity index (χ4n) is 3.12. The van der Waals surface area contributed by atoms with Gasteiger partial charge in [-0.2, -0.15) is 0 Å². The molecule has 1 heterocycles. The van der Waals surface area contributed by atoms with Crippen LogP contribution >= 0.6 is 0 Å². The minimum atomic E-state index is 0.389. The SMILES string of the molecule is Cc1ccc(-c2c(C=O)oc3c2ccc2ccccc23)cc1C. The topological polar surface area (TPSA) is 30.2 Å². The van der Waals surface area contributed by atoms with Gasteiger partial charge in [-0.05, 0) is 42.0 Å². The van der Waals surface area contributed by atoms with Crippen LogP contribution in [0.5, 0.6) is 0 Å². The summed E-state index contributed by atoms with van der Waals surface area (Å²) in [6.45, 7) is 4.16. The Morgan fingerprint density at radius 1 is 0.870 bits per heavy atom. The van der Waals surface area contributed by atoms with Crippen molar-refractivity contribution < 1.29 is 9.21 Å². The molecule has 0 saturated carbocycles. The molecule has 2 nitrogen and oxygen atoms in total. The zero-order valence-corrected chi connectivity index (χ0v) is 13.1. The van der Waals surface area contributed by atoms with E-state index in [-0.39, 0.29) is 0 Å². The number of aryl methyl sites for hydroxylation is 2. The van der Waals surface area contributed by atoms with Crippen LogP contribution in [0.3, 0.4) is 0 Å². The molecular weight excluding hydrogens is 284 g/mol. The first kappa shape index (κ1) is 13.8. The number of fused-ring (bicyclic) bond motifs is 3. The highest BCUT2D eigenvalue weighted by atomic mass is 16.3. The summed E-state index contributed by atoms with van der Waals surface area (Å²) in [7, 11) is 0. The van der Waals surface area contributed by atoms with Crippen LogP contribution < -0.4 is 0 Å². The highest BCUT2D eigenvalue weighted by molar-refractivity contribution is 6.12. The highest BCUT2D eigenvalue weighted by Gasteiger charge is 2.17. The number of aldehydes is 1. The van der Waals surface area contributed by atoms with E-state index in [0.717, 1.165) is 39.2 Å². The van der Waals surface area contributed by atoms with Gasteiger partial charge in [0.1, 0.15) is 5.58 Å². The predicted octanol–water partition coefficient (Wildman–Crippen LogP) is 5.68. The van der Waals surface area contributed by atoms with Gasteiger partial charge >= 0.3 is 0 Å². The second-order valence-corrected chi connectivity index (χ2v) is 5.92. The molecule has 3 aromatic carbocycles. The molecule has 0 atom stereocenters. The smallest absolute Gasteiger partial charge is 0.186 e. The normalized spacial score (nSPS) is 11.2. The molecule has 0 spiro atoms. The molecule has 0 bridgehead atoms. The van der Waals surface area contributed by atoms with E-state index in [9.17, 15) is 4.79 Å². The number of furan rings is 1. The first-order valence-corrected chi connectivity index (χ1v) is 7.66. The van der Waals surface area contributed by atoms with Crippen LogP contribution in [-0.4, -0.2) is 6.29 Å². The maximum absolute atomic E-state index is 11.6. The molecule has 4 rings (SSSR count). The zero-order chi connectivity index (χ0) is 16.0. The summed E-state index contributed by atoms with van der Waals surface area (Å²) in [5.41, 5.74) is 5.11. The van der Waals surface area contributed by atoms with E-state index in [2.05, 4.69) is 38.1 Å². The van der Waals surface area contributed by atoms with E-state index in [0.29, 0.717) is 5.76 Å². The summed E-state index contributed by atoms with van der Waals surface area (Å²) >= 11 is 0. The summed E-state index contributed by atoms with van der Waals surface area (Å²) < 4.78 is 5.92. The van der Waals surface area contributed by atoms with E-state index in [1.54, 1.807) is 0 Å². The molecule has 0 unspecified atom stereocenters. The van der Waals surface area contributed by atoms with E-state index in [1.165, 1.54) is 11.1 Å². The fraction of sp³-hybridized carbons (Fsp3) is 0.0952. The Bertz CT molecular complexity index is 1050. The van der Waals surface area contributed by atoms with Crippen LogP contribution in [-0.2, 0) is 0 Å². The van der Waals surface area contributed by atoms with Crippen LogP contribution in [0, 0.1) is 13.8 Å². The summed E-state index contributed by atoms with van der Waals surface area (Å²) in [4.78, 5) is 11.6. The molecule has 0 radical (unpaired) electrons. The number of benzene rings is 3. The fourth-order valence-corrected chi connectivity index (χ4v) is 3.12. The van der Waals surface area contributed by atoms with E-state index in [1.807, 2.05) is 30.3 Å². The first-order valence-electron chi connectivity index (χ1n) is 7.66. The summed E-state index contributed by atoms with van der Waals surface area (Å²) in [6.07, 6.45) is 0.805. The highest BCUT2D eigenvalue weighted by Crippen LogP contribution is 2.38. The van der Waals surface area contributed by atoms with E-state index < -0.39 is 0 Å². The van der Waals surface area contributed by atoms with Gasteiger partial charge in [0.15, 0.2) is 12.0 Å². The summed E-state index contributed by atoms with van der Waals surface area (Å²) in [6, 6.07) is 18.4. The third-order valence-corrected chi connectivity index (χ3v) is 4.51. The number of rotatable bonds is 2. The van der Waals surface area contributed by atoms with Gasteiger partial charge in [0.25, 0.3) is 0 Å². The lowest BCUT2D eigenvalue weighted by Crippen LogP contribution is -1.86. The Labute approximate surface area is 134 Å². The van der Waals surface area contributed by atoms with Gasteiger partial charge < -0.3 is 4.42 Å². The average molecular weight is 300 g/mol.